The highest BCUT2D eigenvalue weighted by atomic mass is 16.5. The first-order valence-corrected chi connectivity index (χ1v) is 11.8. The molecule has 0 spiro atoms. The number of hydrogen-bond donors (Lipinski definition) is 1. The normalized spacial score (nSPS) is 11.1. The molecule has 0 aliphatic carbocycles. The van der Waals surface area contributed by atoms with E-state index in [2.05, 4.69) is 19.1 Å². The van der Waals surface area contributed by atoms with Crippen molar-refractivity contribution in [3.63, 3.8) is 0 Å². The van der Waals surface area contributed by atoms with E-state index in [-0.39, 0.29) is 11.1 Å². The lowest BCUT2D eigenvalue weighted by Gasteiger charge is -2.07. The minimum absolute atomic E-state index is 0.00989. The van der Waals surface area contributed by atoms with Gasteiger partial charge in [0.25, 0.3) is 0 Å². The number of carboxylic acids is 1. The number of hydrogen-bond acceptors (Lipinski definition) is 3. The van der Waals surface area contributed by atoms with E-state index in [1.807, 2.05) is 0 Å². The van der Waals surface area contributed by atoms with Gasteiger partial charge in [-0.2, -0.15) is 0 Å². The maximum absolute atomic E-state index is 12.0. The van der Waals surface area contributed by atoms with Crippen molar-refractivity contribution >= 4 is 11.9 Å². The predicted octanol–water partition coefficient (Wildman–Crippen LogP) is 7.58. The SMILES string of the molecule is CCCCCCC/C=C/CCCCCCCCCOC(=O)c1ccccc1C(=O)O. The molecule has 0 saturated heterocycles. The van der Waals surface area contributed by atoms with E-state index in [0.717, 1.165) is 19.3 Å². The molecule has 4 nitrogen and oxygen atoms in total. The van der Waals surface area contributed by atoms with Crippen LogP contribution in [-0.2, 0) is 4.74 Å². The number of carboxylic acid groups (broad SMARTS) is 1. The Balaban J connectivity index is 1.93. The molecule has 1 N–H and O–H groups in total. The maximum Gasteiger partial charge on any atom is 0.339 e. The van der Waals surface area contributed by atoms with E-state index in [0.29, 0.717) is 6.61 Å². The van der Waals surface area contributed by atoms with Gasteiger partial charge in [0.2, 0.25) is 0 Å². The molecular weight excluding hydrogens is 376 g/mol. The highest BCUT2D eigenvalue weighted by Gasteiger charge is 2.16. The van der Waals surface area contributed by atoms with Gasteiger partial charge in [0, 0.05) is 0 Å². The Bertz CT molecular complexity index is 621. The number of rotatable bonds is 18. The maximum atomic E-state index is 12.0. The number of aromatic carboxylic acids is 1. The molecule has 1 aromatic rings. The van der Waals surface area contributed by atoms with Crippen LogP contribution in [-0.4, -0.2) is 23.7 Å². The molecule has 0 aliphatic rings. The van der Waals surface area contributed by atoms with Crippen LogP contribution in [0.4, 0.5) is 0 Å². The fourth-order valence-electron chi connectivity index (χ4n) is 3.44. The molecule has 1 rings (SSSR count). The number of allylic oxidation sites excluding steroid dienone is 2. The Morgan fingerprint density at radius 1 is 0.767 bits per heavy atom. The van der Waals surface area contributed by atoms with Crippen LogP contribution in [0.1, 0.15) is 118 Å². The minimum Gasteiger partial charge on any atom is -0.478 e. The van der Waals surface area contributed by atoms with Crippen molar-refractivity contribution in [3.05, 3.63) is 47.5 Å². The van der Waals surface area contributed by atoms with E-state index < -0.39 is 11.9 Å². The second kappa shape index (κ2) is 17.7. The summed E-state index contributed by atoms with van der Waals surface area (Å²) in [5, 5.41) is 9.12. The summed E-state index contributed by atoms with van der Waals surface area (Å²) < 4.78 is 5.23. The van der Waals surface area contributed by atoms with Crippen LogP contribution in [0.2, 0.25) is 0 Å². The number of esters is 1. The Labute approximate surface area is 182 Å². The lowest BCUT2D eigenvalue weighted by atomic mass is 10.1. The molecule has 0 bridgehead atoms. The third kappa shape index (κ3) is 12.5. The Morgan fingerprint density at radius 3 is 1.83 bits per heavy atom. The molecule has 0 atom stereocenters. The summed E-state index contributed by atoms with van der Waals surface area (Å²) in [7, 11) is 0. The summed E-state index contributed by atoms with van der Waals surface area (Å²) in [6, 6.07) is 6.16. The van der Waals surface area contributed by atoms with Gasteiger partial charge < -0.3 is 9.84 Å². The van der Waals surface area contributed by atoms with Crippen molar-refractivity contribution in [3.8, 4) is 0 Å². The Morgan fingerprint density at radius 2 is 1.27 bits per heavy atom. The average molecular weight is 417 g/mol. The average Bonchev–Trinajstić information content (AvgIpc) is 2.75. The molecule has 0 fully saturated rings. The molecule has 0 radical (unpaired) electrons. The minimum atomic E-state index is -1.11. The highest BCUT2D eigenvalue weighted by molar-refractivity contribution is 6.02. The van der Waals surface area contributed by atoms with Crippen molar-refractivity contribution in [2.75, 3.05) is 6.61 Å². The summed E-state index contributed by atoms with van der Waals surface area (Å²) in [5.41, 5.74) is 0.111. The summed E-state index contributed by atoms with van der Waals surface area (Å²) in [6.07, 6.45) is 21.9. The largest absolute Gasteiger partial charge is 0.478 e. The molecule has 168 valence electrons. The van der Waals surface area contributed by atoms with Crippen LogP contribution >= 0.6 is 0 Å². The van der Waals surface area contributed by atoms with Crippen LogP contribution < -0.4 is 0 Å². The Hall–Kier alpha value is -2.10. The second-order valence-electron chi connectivity index (χ2n) is 7.92. The van der Waals surface area contributed by atoms with Crippen molar-refractivity contribution in [1.29, 1.82) is 0 Å². The first-order valence-electron chi connectivity index (χ1n) is 11.8. The fourth-order valence-corrected chi connectivity index (χ4v) is 3.44. The molecule has 0 aromatic heterocycles. The number of ether oxygens (including phenoxy) is 1. The van der Waals surface area contributed by atoms with Crippen LogP contribution in [0.15, 0.2) is 36.4 Å². The summed E-state index contributed by atoms with van der Waals surface area (Å²) in [5.74, 6) is -1.66. The van der Waals surface area contributed by atoms with E-state index in [4.69, 9.17) is 9.84 Å². The monoisotopic (exact) mass is 416 g/mol. The predicted molar refractivity (Wildman–Crippen MR) is 123 cm³/mol. The van der Waals surface area contributed by atoms with Gasteiger partial charge in [0.1, 0.15) is 0 Å². The highest BCUT2D eigenvalue weighted by Crippen LogP contribution is 2.12. The number of benzene rings is 1. The van der Waals surface area contributed by atoms with E-state index in [9.17, 15) is 9.59 Å². The van der Waals surface area contributed by atoms with Gasteiger partial charge in [-0.15, -0.1) is 0 Å². The van der Waals surface area contributed by atoms with Gasteiger partial charge in [0.05, 0.1) is 17.7 Å². The third-order valence-corrected chi connectivity index (χ3v) is 5.27. The zero-order chi connectivity index (χ0) is 21.9. The molecule has 30 heavy (non-hydrogen) atoms. The number of unbranched alkanes of at least 4 members (excludes halogenated alkanes) is 12. The third-order valence-electron chi connectivity index (χ3n) is 5.27. The summed E-state index contributed by atoms with van der Waals surface area (Å²) >= 11 is 0. The fraction of sp³-hybridized carbons (Fsp3) is 0.615. The van der Waals surface area contributed by atoms with Gasteiger partial charge in [-0.3, -0.25) is 0 Å². The zero-order valence-corrected chi connectivity index (χ0v) is 18.7. The molecular formula is C26H40O4. The van der Waals surface area contributed by atoms with Crippen molar-refractivity contribution < 1.29 is 19.4 Å². The molecule has 0 amide bonds. The summed E-state index contributed by atoms with van der Waals surface area (Å²) in [4.78, 5) is 23.2. The van der Waals surface area contributed by atoms with Crippen LogP contribution in [0.3, 0.4) is 0 Å². The topological polar surface area (TPSA) is 63.6 Å². The first-order chi connectivity index (χ1) is 14.7. The lowest BCUT2D eigenvalue weighted by Crippen LogP contribution is -2.12. The second-order valence-corrected chi connectivity index (χ2v) is 7.92. The molecule has 1 aromatic carbocycles. The van der Waals surface area contributed by atoms with Crippen molar-refractivity contribution in [2.24, 2.45) is 0 Å². The van der Waals surface area contributed by atoms with Crippen LogP contribution in [0.25, 0.3) is 0 Å². The number of carbonyl (C=O) groups is 2. The van der Waals surface area contributed by atoms with Gasteiger partial charge in [-0.1, -0.05) is 89.0 Å². The smallest absolute Gasteiger partial charge is 0.339 e. The quantitative estimate of drug-likeness (QED) is 0.152. The van der Waals surface area contributed by atoms with E-state index in [1.165, 1.54) is 82.8 Å². The van der Waals surface area contributed by atoms with Crippen molar-refractivity contribution in [2.45, 2.75) is 96.8 Å². The van der Waals surface area contributed by atoms with Crippen molar-refractivity contribution in [1.82, 2.24) is 0 Å². The molecule has 4 heteroatoms. The first kappa shape index (κ1) is 25.9. The molecule has 0 unspecified atom stereocenters. The zero-order valence-electron chi connectivity index (χ0n) is 18.7. The molecule has 0 saturated carbocycles. The van der Waals surface area contributed by atoms with Crippen LogP contribution in [0.5, 0.6) is 0 Å². The van der Waals surface area contributed by atoms with E-state index >= 15 is 0 Å². The standard InChI is InChI=1S/C26H40O4/c1-2-3-4-5-6-7-8-9-10-11-12-13-14-15-16-19-22-30-26(29)24-21-18-17-20-23(24)25(27)28/h8-9,17-18,20-21H,2-7,10-16,19,22H2,1H3,(H,27,28)/b9-8+. The Kier molecular flexibility index (Phi) is 15.3. The lowest BCUT2D eigenvalue weighted by molar-refractivity contribution is 0.0487. The van der Waals surface area contributed by atoms with Gasteiger partial charge in [-0.25, -0.2) is 9.59 Å². The molecule has 0 heterocycles. The van der Waals surface area contributed by atoms with Gasteiger partial charge in [-0.05, 0) is 44.2 Å². The van der Waals surface area contributed by atoms with Crippen LogP contribution in [0, 0.1) is 0 Å². The van der Waals surface area contributed by atoms with Gasteiger partial charge in [0.15, 0.2) is 0 Å². The van der Waals surface area contributed by atoms with E-state index in [1.54, 1.807) is 12.1 Å². The number of carbonyl (C=O) groups excluding carboxylic acids is 1. The summed E-state index contributed by atoms with van der Waals surface area (Å²) in [6.45, 7) is 2.60. The van der Waals surface area contributed by atoms with Gasteiger partial charge >= 0.3 is 11.9 Å². The molecule has 0 aliphatic heterocycles.